The molecule has 3 rings (SSSR count). The monoisotopic (exact) mass is 279 g/mol. The van der Waals surface area contributed by atoms with E-state index >= 15 is 0 Å². The lowest BCUT2D eigenvalue weighted by molar-refractivity contribution is -0.136. The van der Waals surface area contributed by atoms with Crippen molar-refractivity contribution in [2.45, 2.75) is 20.3 Å². The van der Waals surface area contributed by atoms with Gasteiger partial charge < -0.3 is 9.67 Å². The molecule has 21 heavy (non-hydrogen) atoms. The van der Waals surface area contributed by atoms with Crippen LogP contribution >= 0.6 is 0 Å². The summed E-state index contributed by atoms with van der Waals surface area (Å²) in [5, 5.41) is 10.2. The Kier molecular flexibility index (Phi) is 3.26. The summed E-state index contributed by atoms with van der Waals surface area (Å²) in [6, 6.07) is 16.2. The molecule has 0 spiro atoms. The number of aliphatic carboxylic acids is 1. The molecule has 0 radical (unpaired) electrons. The minimum absolute atomic E-state index is 0.0472. The summed E-state index contributed by atoms with van der Waals surface area (Å²) in [6.45, 7) is 4.01. The largest absolute Gasteiger partial charge is 0.481 e. The van der Waals surface area contributed by atoms with E-state index in [1.807, 2.05) is 44.2 Å². The molecule has 0 fully saturated rings. The van der Waals surface area contributed by atoms with Crippen molar-refractivity contribution in [3.63, 3.8) is 0 Å². The molecule has 0 saturated carbocycles. The van der Waals surface area contributed by atoms with E-state index in [-0.39, 0.29) is 6.42 Å². The molecule has 3 nitrogen and oxygen atoms in total. The van der Waals surface area contributed by atoms with E-state index in [0.29, 0.717) is 0 Å². The van der Waals surface area contributed by atoms with Crippen LogP contribution < -0.4 is 0 Å². The standard InChI is InChI=1S/C18H17NO2/c1-12-8-9-17-16(10-12)15(11-18(20)21)13(2)19(17)14-6-4-3-5-7-14/h3-10H,11H2,1-2H3,(H,20,21). The summed E-state index contributed by atoms with van der Waals surface area (Å²) < 4.78 is 2.13. The number of benzene rings is 2. The number of hydrogen-bond donors (Lipinski definition) is 1. The number of aromatic nitrogens is 1. The Morgan fingerprint density at radius 3 is 2.48 bits per heavy atom. The molecule has 0 aliphatic rings. The second-order valence-electron chi connectivity index (χ2n) is 5.33. The van der Waals surface area contributed by atoms with E-state index in [1.165, 1.54) is 0 Å². The van der Waals surface area contributed by atoms with Crippen LogP contribution in [0.25, 0.3) is 16.6 Å². The van der Waals surface area contributed by atoms with Gasteiger partial charge in [-0.25, -0.2) is 0 Å². The highest BCUT2D eigenvalue weighted by Crippen LogP contribution is 2.30. The van der Waals surface area contributed by atoms with Crippen molar-refractivity contribution in [1.29, 1.82) is 0 Å². The number of carbonyl (C=O) groups is 1. The molecule has 3 heteroatoms. The van der Waals surface area contributed by atoms with Crippen LogP contribution in [0, 0.1) is 13.8 Å². The van der Waals surface area contributed by atoms with Crippen LogP contribution in [0.15, 0.2) is 48.5 Å². The van der Waals surface area contributed by atoms with Gasteiger partial charge in [-0.2, -0.15) is 0 Å². The molecular weight excluding hydrogens is 262 g/mol. The van der Waals surface area contributed by atoms with E-state index in [4.69, 9.17) is 0 Å². The molecule has 0 amide bonds. The molecule has 1 aromatic heterocycles. The molecular formula is C18H17NO2. The number of nitrogens with zero attached hydrogens (tertiary/aromatic N) is 1. The van der Waals surface area contributed by atoms with Gasteiger partial charge >= 0.3 is 5.97 Å². The fraction of sp³-hybridized carbons (Fsp3) is 0.167. The number of fused-ring (bicyclic) bond motifs is 1. The van der Waals surface area contributed by atoms with Crippen LogP contribution in [0.5, 0.6) is 0 Å². The minimum Gasteiger partial charge on any atom is -0.481 e. The first kappa shape index (κ1) is 13.4. The Morgan fingerprint density at radius 1 is 1.10 bits per heavy atom. The summed E-state index contributed by atoms with van der Waals surface area (Å²) in [7, 11) is 0. The van der Waals surface area contributed by atoms with E-state index in [0.717, 1.165) is 33.4 Å². The van der Waals surface area contributed by atoms with Gasteiger partial charge in [0.2, 0.25) is 0 Å². The van der Waals surface area contributed by atoms with Gasteiger partial charge in [-0.1, -0.05) is 29.8 Å². The fourth-order valence-electron chi connectivity index (χ4n) is 2.88. The lowest BCUT2D eigenvalue weighted by Gasteiger charge is -2.08. The zero-order chi connectivity index (χ0) is 15.0. The Bertz CT molecular complexity index is 816. The predicted molar refractivity (Wildman–Crippen MR) is 84.1 cm³/mol. The third-order valence-corrected chi connectivity index (χ3v) is 3.83. The van der Waals surface area contributed by atoms with Gasteiger partial charge in [-0.15, -0.1) is 0 Å². The van der Waals surface area contributed by atoms with Gasteiger partial charge in [0, 0.05) is 16.8 Å². The number of para-hydroxylation sites is 1. The lowest BCUT2D eigenvalue weighted by Crippen LogP contribution is -2.02. The van der Waals surface area contributed by atoms with Crippen molar-refractivity contribution in [2.24, 2.45) is 0 Å². The van der Waals surface area contributed by atoms with Crippen molar-refractivity contribution in [1.82, 2.24) is 4.57 Å². The van der Waals surface area contributed by atoms with Crippen molar-refractivity contribution >= 4 is 16.9 Å². The predicted octanol–water partition coefficient (Wildman–Crippen LogP) is 3.87. The molecule has 0 aliphatic carbocycles. The molecule has 2 aromatic carbocycles. The molecule has 0 aliphatic heterocycles. The van der Waals surface area contributed by atoms with Gasteiger partial charge in [0.1, 0.15) is 0 Å². The zero-order valence-corrected chi connectivity index (χ0v) is 12.1. The van der Waals surface area contributed by atoms with E-state index in [1.54, 1.807) is 0 Å². The quantitative estimate of drug-likeness (QED) is 0.790. The Labute approximate surface area is 123 Å². The molecule has 0 bridgehead atoms. The summed E-state index contributed by atoms with van der Waals surface area (Å²) in [4.78, 5) is 11.2. The molecule has 3 aromatic rings. The summed E-state index contributed by atoms with van der Waals surface area (Å²) in [6.07, 6.45) is 0.0472. The molecule has 106 valence electrons. The van der Waals surface area contributed by atoms with Gasteiger partial charge in [0.15, 0.2) is 0 Å². The van der Waals surface area contributed by atoms with Crippen LogP contribution in [0.3, 0.4) is 0 Å². The average molecular weight is 279 g/mol. The maximum Gasteiger partial charge on any atom is 0.307 e. The molecule has 0 saturated heterocycles. The van der Waals surface area contributed by atoms with Crippen molar-refractivity contribution in [3.05, 3.63) is 65.4 Å². The Hall–Kier alpha value is -2.55. The van der Waals surface area contributed by atoms with Crippen molar-refractivity contribution in [3.8, 4) is 5.69 Å². The number of aryl methyl sites for hydroxylation is 1. The van der Waals surface area contributed by atoms with Crippen LogP contribution in [-0.2, 0) is 11.2 Å². The van der Waals surface area contributed by atoms with Crippen LogP contribution in [0.4, 0.5) is 0 Å². The minimum atomic E-state index is -0.799. The fourth-order valence-corrected chi connectivity index (χ4v) is 2.88. The zero-order valence-electron chi connectivity index (χ0n) is 12.1. The number of carboxylic acids is 1. The number of hydrogen-bond acceptors (Lipinski definition) is 1. The van der Waals surface area contributed by atoms with Crippen LogP contribution in [0.2, 0.25) is 0 Å². The molecule has 0 unspecified atom stereocenters. The first-order valence-electron chi connectivity index (χ1n) is 6.95. The highest BCUT2D eigenvalue weighted by Gasteiger charge is 2.17. The van der Waals surface area contributed by atoms with Crippen molar-refractivity contribution in [2.75, 3.05) is 0 Å². The summed E-state index contributed by atoms with van der Waals surface area (Å²) in [5.41, 5.74) is 5.13. The highest BCUT2D eigenvalue weighted by atomic mass is 16.4. The second kappa shape index (κ2) is 5.09. The van der Waals surface area contributed by atoms with Crippen molar-refractivity contribution < 1.29 is 9.90 Å². The highest BCUT2D eigenvalue weighted by molar-refractivity contribution is 5.91. The molecule has 1 N–H and O–H groups in total. The van der Waals surface area contributed by atoms with E-state index < -0.39 is 5.97 Å². The Balaban J connectivity index is 2.35. The van der Waals surface area contributed by atoms with Gasteiger partial charge in [0.25, 0.3) is 0 Å². The molecule has 1 heterocycles. The smallest absolute Gasteiger partial charge is 0.307 e. The SMILES string of the molecule is Cc1ccc2c(c1)c(CC(=O)O)c(C)n2-c1ccccc1. The molecule has 0 atom stereocenters. The number of rotatable bonds is 3. The Morgan fingerprint density at radius 2 is 1.81 bits per heavy atom. The lowest BCUT2D eigenvalue weighted by atomic mass is 10.1. The summed E-state index contributed by atoms with van der Waals surface area (Å²) in [5.74, 6) is -0.799. The topological polar surface area (TPSA) is 42.2 Å². The van der Waals surface area contributed by atoms with Crippen LogP contribution in [-0.4, -0.2) is 15.6 Å². The van der Waals surface area contributed by atoms with Crippen LogP contribution in [0.1, 0.15) is 16.8 Å². The second-order valence-corrected chi connectivity index (χ2v) is 5.33. The normalized spacial score (nSPS) is 11.0. The van der Waals surface area contributed by atoms with E-state index in [2.05, 4.69) is 22.8 Å². The third kappa shape index (κ3) is 2.31. The van der Waals surface area contributed by atoms with E-state index in [9.17, 15) is 9.90 Å². The average Bonchev–Trinajstić information content (AvgIpc) is 2.72. The van der Waals surface area contributed by atoms with Gasteiger partial charge in [0.05, 0.1) is 11.9 Å². The first-order chi connectivity index (χ1) is 10.1. The summed E-state index contributed by atoms with van der Waals surface area (Å²) >= 11 is 0. The van der Waals surface area contributed by atoms with Gasteiger partial charge in [-0.3, -0.25) is 4.79 Å². The maximum absolute atomic E-state index is 11.2. The van der Waals surface area contributed by atoms with Gasteiger partial charge in [-0.05, 0) is 43.7 Å². The number of carboxylic acid groups (broad SMARTS) is 1. The first-order valence-corrected chi connectivity index (χ1v) is 6.95. The maximum atomic E-state index is 11.2. The third-order valence-electron chi connectivity index (χ3n) is 3.83.